The van der Waals surface area contributed by atoms with Crippen LogP contribution in [-0.4, -0.2) is 4.98 Å². The second kappa shape index (κ2) is 10.4. The molecule has 0 atom stereocenters. The number of aromatic nitrogens is 1. The Morgan fingerprint density at radius 3 is 1.44 bits per heavy atom. The molecule has 0 bridgehead atoms. The summed E-state index contributed by atoms with van der Waals surface area (Å²) in [7, 11) is -3.57. The fourth-order valence-electron chi connectivity index (χ4n) is 4.33. The maximum absolute atomic E-state index is 6.26. The van der Waals surface area contributed by atoms with E-state index in [2.05, 4.69) is 4.98 Å². The van der Waals surface area contributed by atoms with Gasteiger partial charge >= 0.3 is 16.5 Å². The smallest absolute Gasteiger partial charge is 0.399 e. The van der Waals surface area contributed by atoms with Gasteiger partial charge in [-0.3, -0.25) is 9.51 Å². The van der Waals surface area contributed by atoms with Crippen molar-refractivity contribution < 1.29 is 25.8 Å². The Labute approximate surface area is 224 Å². The largest absolute Gasteiger partial charge is 0.453 e. The van der Waals surface area contributed by atoms with Gasteiger partial charge in [-0.15, -0.1) is 0 Å². The highest BCUT2D eigenvalue weighted by Crippen LogP contribution is 2.39. The molecule has 9 heteroatoms. The molecule has 0 unspecified atom stereocenters. The van der Waals surface area contributed by atoms with Gasteiger partial charge in [0.15, 0.2) is 5.75 Å². The minimum absolute atomic E-state index is 0.0998. The SMILES string of the molecule is c1cnc(COp2oc3ccccc3c3ccccc3o2)c(Op2oc3ccccc3c3ccccc3o2)c1. The number of fused-ring (bicyclic) bond motifs is 6. The van der Waals surface area contributed by atoms with Gasteiger partial charge in [0.1, 0.15) is 34.6 Å². The van der Waals surface area contributed by atoms with Crippen molar-refractivity contribution in [3.8, 4) is 5.75 Å². The minimum atomic E-state index is -1.82. The molecule has 7 nitrogen and oxygen atoms in total. The van der Waals surface area contributed by atoms with Crippen LogP contribution < -0.4 is 9.05 Å². The van der Waals surface area contributed by atoms with Gasteiger partial charge in [0.25, 0.3) is 0 Å². The summed E-state index contributed by atoms with van der Waals surface area (Å²) < 4.78 is 37.1. The number of pyridine rings is 1. The van der Waals surface area contributed by atoms with Crippen molar-refractivity contribution in [1.29, 1.82) is 0 Å². The predicted molar refractivity (Wildman–Crippen MR) is 153 cm³/mol. The summed E-state index contributed by atoms with van der Waals surface area (Å²) in [6.07, 6.45) is 1.69. The third-order valence-corrected chi connectivity index (χ3v) is 8.22. The average molecular weight is 553 g/mol. The van der Waals surface area contributed by atoms with Crippen molar-refractivity contribution in [3.63, 3.8) is 0 Å². The molecule has 0 amide bonds. The van der Waals surface area contributed by atoms with Gasteiger partial charge in [0.2, 0.25) is 0 Å². The molecule has 0 aliphatic carbocycles. The van der Waals surface area contributed by atoms with Gasteiger partial charge in [-0.05, 0) is 36.4 Å². The molecule has 0 saturated carbocycles. The van der Waals surface area contributed by atoms with Crippen molar-refractivity contribution >= 4 is 60.4 Å². The number of para-hydroxylation sites is 4. The van der Waals surface area contributed by atoms with Crippen molar-refractivity contribution in [2.45, 2.75) is 6.61 Å². The molecule has 4 aromatic carbocycles. The number of benzene rings is 4. The molecule has 0 aliphatic rings. The van der Waals surface area contributed by atoms with E-state index in [9.17, 15) is 0 Å². The van der Waals surface area contributed by atoms with Crippen LogP contribution in [0, 0.1) is 0 Å². The standard InChI is InChI=1S/C30H21NO6P2/c1-5-14-26-21(10-1)22-11-2-6-15-27(22)34-38(33-26)32-20-25-30(18-9-19-31-25)37-39-35-28-16-7-3-12-23(28)24-13-4-8-17-29(24)36-39/h1-19H,20H2. The van der Waals surface area contributed by atoms with Gasteiger partial charge in [0.05, 0.1) is 0 Å². The first-order valence-corrected chi connectivity index (χ1v) is 14.4. The molecule has 3 heterocycles. The summed E-state index contributed by atoms with van der Waals surface area (Å²) in [6, 6.07) is 34.9. The van der Waals surface area contributed by atoms with Crippen LogP contribution in [0.25, 0.3) is 43.9 Å². The lowest BCUT2D eigenvalue weighted by molar-refractivity contribution is 0.353. The third-order valence-electron chi connectivity index (χ3n) is 6.15. The van der Waals surface area contributed by atoms with Gasteiger partial charge in [-0.1, -0.05) is 72.8 Å². The molecule has 7 aromatic rings. The molecule has 3 aromatic heterocycles. The first-order chi connectivity index (χ1) is 19.3. The molecule has 192 valence electrons. The van der Waals surface area contributed by atoms with Crippen molar-refractivity contribution in [2.24, 2.45) is 0 Å². The highest BCUT2D eigenvalue weighted by molar-refractivity contribution is 7.32. The maximum Gasteiger partial charge on any atom is 0.453 e. The van der Waals surface area contributed by atoms with E-state index in [0.717, 1.165) is 21.5 Å². The molecule has 0 radical (unpaired) electrons. The quantitative estimate of drug-likeness (QED) is 0.210. The topological polar surface area (TPSA) is 83.9 Å². The van der Waals surface area contributed by atoms with Crippen molar-refractivity contribution in [3.05, 3.63) is 121 Å². The van der Waals surface area contributed by atoms with Crippen LogP contribution in [0.5, 0.6) is 5.75 Å². The Morgan fingerprint density at radius 2 is 0.949 bits per heavy atom. The molecule has 0 aliphatic heterocycles. The normalized spacial score (nSPS) is 11.3. The van der Waals surface area contributed by atoms with Crippen molar-refractivity contribution in [1.82, 2.24) is 4.98 Å². The second-order valence-electron chi connectivity index (χ2n) is 8.61. The number of hydrogen-bond acceptors (Lipinski definition) is 7. The zero-order chi connectivity index (χ0) is 26.0. The van der Waals surface area contributed by atoms with E-state index < -0.39 is 16.5 Å². The lowest BCUT2D eigenvalue weighted by Gasteiger charge is -2.07. The third kappa shape index (κ3) is 4.80. The van der Waals surface area contributed by atoms with E-state index in [0.29, 0.717) is 33.8 Å². The molecular formula is C30H21NO6P2. The summed E-state index contributed by atoms with van der Waals surface area (Å²) in [4.78, 5) is 4.50. The molecule has 7 rings (SSSR count). The molecule has 0 spiro atoms. The Kier molecular flexibility index (Phi) is 6.31. The highest BCUT2D eigenvalue weighted by Gasteiger charge is 2.14. The Balaban J connectivity index is 1.25. The lowest BCUT2D eigenvalue weighted by atomic mass is 10.1. The maximum atomic E-state index is 6.26. The average Bonchev–Trinajstić information content (AvgIpc) is 3.24. The van der Waals surface area contributed by atoms with Crippen LogP contribution >= 0.6 is 16.5 Å². The van der Waals surface area contributed by atoms with Gasteiger partial charge in [0, 0.05) is 27.7 Å². The van der Waals surface area contributed by atoms with Crippen LogP contribution in [0.1, 0.15) is 5.69 Å². The van der Waals surface area contributed by atoms with E-state index in [4.69, 9.17) is 25.8 Å². The highest BCUT2D eigenvalue weighted by atomic mass is 31.1. The fraction of sp³-hybridized carbons (Fsp3) is 0.0333. The van der Waals surface area contributed by atoms with E-state index in [-0.39, 0.29) is 6.61 Å². The zero-order valence-electron chi connectivity index (χ0n) is 20.5. The van der Waals surface area contributed by atoms with Crippen LogP contribution in [0.3, 0.4) is 0 Å². The van der Waals surface area contributed by atoms with Crippen LogP contribution in [0.15, 0.2) is 132 Å². The van der Waals surface area contributed by atoms with E-state index in [1.165, 1.54) is 0 Å². The molecule has 0 fully saturated rings. The summed E-state index contributed by atoms with van der Waals surface area (Å²) in [5.41, 5.74) is 3.35. The zero-order valence-corrected chi connectivity index (χ0v) is 22.3. The summed E-state index contributed by atoms with van der Waals surface area (Å²) in [5, 5.41) is 3.80. The van der Waals surface area contributed by atoms with Gasteiger partial charge < -0.3 is 21.3 Å². The van der Waals surface area contributed by atoms with Crippen molar-refractivity contribution in [2.75, 3.05) is 0 Å². The van der Waals surface area contributed by atoms with Crippen LogP contribution in [0.4, 0.5) is 0 Å². The van der Waals surface area contributed by atoms with Crippen LogP contribution in [0.2, 0.25) is 0 Å². The Morgan fingerprint density at radius 1 is 0.513 bits per heavy atom. The molecule has 0 N–H and O–H groups in total. The van der Waals surface area contributed by atoms with Gasteiger partial charge in [-0.2, -0.15) is 0 Å². The van der Waals surface area contributed by atoms with E-state index in [1.807, 2.05) is 103 Å². The first kappa shape index (κ1) is 23.7. The minimum Gasteiger partial charge on any atom is -0.399 e. The van der Waals surface area contributed by atoms with Crippen LogP contribution in [-0.2, 0) is 6.61 Å². The summed E-state index contributed by atoms with van der Waals surface area (Å²) >= 11 is 0. The fourth-order valence-corrected chi connectivity index (χ4v) is 6.42. The van der Waals surface area contributed by atoms with E-state index in [1.54, 1.807) is 12.3 Å². The predicted octanol–water partition coefficient (Wildman–Crippen LogP) is 9.76. The summed E-state index contributed by atoms with van der Waals surface area (Å²) in [6.45, 7) is 0.0998. The number of hydrogen-bond donors (Lipinski definition) is 0. The number of nitrogens with zero attached hydrogens (tertiary/aromatic N) is 1. The summed E-state index contributed by atoms with van der Waals surface area (Å²) in [5.74, 6) is 0.492. The van der Waals surface area contributed by atoms with E-state index >= 15 is 0 Å². The second-order valence-corrected chi connectivity index (χ2v) is 10.7. The lowest BCUT2D eigenvalue weighted by Crippen LogP contribution is -1.98. The number of rotatable bonds is 5. The monoisotopic (exact) mass is 553 g/mol. The first-order valence-electron chi connectivity index (χ1n) is 12.3. The van der Waals surface area contributed by atoms with Gasteiger partial charge in [-0.25, -0.2) is 0 Å². The molecule has 0 saturated heterocycles. The molecule has 39 heavy (non-hydrogen) atoms. The Hall–Kier alpha value is -4.41. The Bertz CT molecular complexity index is 1920. The molecular weight excluding hydrogens is 532 g/mol.